The Labute approximate surface area is 148 Å². The third-order valence-electron chi connectivity index (χ3n) is 4.43. The van der Waals surface area contributed by atoms with Crippen LogP contribution < -0.4 is 10.1 Å². The van der Waals surface area contributed by atoms with Crippen LogP contribution in [0.3, 0.4) is 0 Å². The number of carbonyl (C=O) groups excluding carboxylic acids is 1. The van der Waals surface area contributed by atoms with Gasteiger partial charge in [-0.3, -0.25) is 4.79 Å². The highest BCUT2D eigenvalue weighted by Crippen LogP contribution is 2.28. The molecule has 3 rings (SSSR count). The van der Waals surface area contributed by atoms with Gasteiger partial charge in [0.15, 0.2) is 6.61 Å². The van der Waals surface area contributed by atoms with Gasteiger partial charge in [-0.2, -0.15) is 0 Å². The molecular weight excluding hydrogens is 335 g/mol. The Balaban J connectivity index is 0.00000192. The number of carbonyl (C=O) groups is 1. The van der Waals surface area contributed by atoms with Crippen molar-refractivity contribution in [3.05, 3.63) is 29.3 Å². The summed E-state index contributed by atoms with van der Waals surface area (Å²) in [7, 11) is 0. The van der Waals surface area contributed by atoms with Gasteiger partial charge in [-0.15, -0.1) is 12.4 Å². The maximum Gasteiger partial charge on any atom is 0.260 e. The SMILES string of the molecule is Cl.O=C(COc1ccccc1Cl)N1CCC(NCC2CC2)CC1. The standard InChI is InChI=1S/C17H23ClN2O2.ClH/c18-15-3-1-2-4-16(15)22-12-17(21)20-9-7-14(8-10-20)19-11-13-5-6-13;/h1-4,13-14,19H,5-12H2;1H. The second-order valence-corrected chi connectivity index (χ2v) is 6.63. The first-order valence-electron chi connectivity index (χ1n) is 8.11. The molecule has 1 aliphatic carbocycles. The lowest BCUT2D eigenvalue weighted by molar-refractivity contribution is -0.134. The fourth-order valence-electron chi connectivity index (χ4n) is 2.78. The average Bonchev–Trinajstić information content (AvgIpc) is 3.37. The second-order valence-electron chi connectivity index (χ2n) is 6.23. The fourth-order valence-corrected chi connectivity index (χ4v) is 2.97. The van der Waals surface area contributed by atoms with Gasteiger partial charge in [-0.1, -0.05) is 23.7 Å². The summed E-state index contributed by atoms with van der Waals surface area (Å²) in [4.78, 5) is 14.1. The van der Waals surface area contributed by atoms with E-state index in [4.69, 9.17) is 16.3 Å². The summed E-state index contributed by atoms with van der Waals surface area (Å²) in [6, 6.07) is 7.80. The molecule has 1 amide bonds. The number of hydrogen-bond donors (Lipinski definition) is 1. The van der Waals surface area contributed by atoms with Crippen LogP contribution in [0.4, 0.5) is 0 Å². The summed E-state index contributed by atoms with van der Waals surface area (Å²) >= 11 is 6.02. The van der Waals surface area contributed by atoms with Crippen molar-refractivity contribution in [2.75, 3.05) is 26.2 Å². The van der Waals surface area contributed by atoms with Crippen LogP contribution in [0.25, 0.3) is 0 Å². The van der Waals surface area contributed by atoms with Crippen LogP contribution in [0.2, 0.25) is 5.02 Å². The summed E-state index contributed by atoms with van der Waals surface area (Å²) in [5.41, 5.74) is 0. The Bertz CT molecular complexity index is 515. The van der Waals surface area contributed by atoms with Crippen LogP contribution >= 0.6 is 24.0 Å². The molecule has 0 aromatic heterocycles. The fraction of sp³-hybridized carbons (Fsp3) is 0.588. The van der Waals surface area contributed by atoms with Crippen LogP contribution in [-0.2, 0) is 4.79 Å². The molecule has 0 bridgehead atoms. The van der Waals surface area contributed by atoms with E-state index >= 15 is 0 Å². The Morgan fingerprint density at radius 2 is 1.91 bits per heavy atom. The predicted molar refractivity (Wildman–Crippen MR) is 94.5 cm³/mol. The first kappa shape index (κ1) is 18.4. The second kappa shape index (κ2) is 8.76. The van der Waals surface area contributed by atoms with Crippen molar-refractivity contribution in [2.24, 2.45) is 5.92 Å². The summed E-state index contributed by atoms with van der Waals surface area (Å²) in [5.74, 6) is 1.52. The minimum atomic E-state index is 0. The van der Waals surface area contributed by atoms with Gasteiger partial charge < -0.3 is 15.0 Å². The van der Waals surface area contributed by atoms with Crippen LogP contribution in [0.15, 0.2) is 24.3 Å². The summed E-state index contributed by atoms with van der Waals surface area (Å²) in [5, 5.41) is 4.16. The lowest BCUT2D eigenvalue weighted by Crippen LogP contribution is -2.46. The number of benzene rings is 1. The average molecular weight is 359 g/mol. The number of nitrogens with zero attached hydrogens (tertiary/aromatic N) is 1. The monoisotopic (exact) mass is 358 g/mol. The van der Waals surface area contributed by atoms with Crippen molar-refractivity contribution in [1.82, 2.24) is 10.2 Å². The van der Waals surface area contributed by atoms with Gasteiger partial charge in [0.25, 0.3) is 5.91 Å². The number of rotatable bonds is 6. The molecule has 2 aliphatic rings. The molecule has 4 nitrogen and oxygen atoms in total. The first-order valence-corrected chi connectivity index (χ1v) is 8.48. The third kappa shape index (κ3) is 5.55. The molecule has 1 aliphatic heterocycles. The minimum absolute atomic E-state index is 0. The highest BCUT2D eigenvalue weighted by Gasteiger charge is 2.26. The van der Waals surface area contributed by atoms with E-state index in [2.05, 4.69) is 5.32 Å². The van der Waals surface area contributed by atoms with E-state index < -0.39 is 0 Å². The number of likely N-dealkylation sites (tertiary alicyclic amines) is 1. The molecule has 1 aromatic carbocycles. The maximum absolute atomic E-state index is 12.2. The van der Waals surface area contributed by atoms with Crippen LogP contribution in [0.1, 0.15) is 25.7 Å². The molecule has 6 heteroatoms. The number of amides is 1. The quantitative estimate of drug-likeness (QED) is 0.849. The maximum atomic E-state index is 12.2. The van der Waals surface area contributed by atoms with Gasteiger partial charge in [0.1, 0.15) is 5.75 Å². The van der Waals surface area contributed by atoms with E-state index in [1.807, 2.05) is 17.0 Å². The molecule has 1 saturated heterocycles. The molecule has 0 spiro atoms. The van der Waals surface area contributed by atoms with Crippen LogP contribution in [-0.4, -0.2) is 43.1 Å². The number of hydrogen-bond acceptors (Lipinski definition) is 3. The van der Waals surface area contributed by atoms with Gasteiger partial charge in [-0.25, -0.2) is 0 Å². The van der Waals surface area contributed by atoms with Gasteiger partial charge in [0.05, 0.1) is 5.02 Å². The Kier molecular flexibility index (Phi) is 7.00. The molecule has 0 unspecified atom stereocenters. The molecule has 1 N–H and O–H groups in total. The van der Waals surface area contributed by atoms with Gasteiger partial charge in [-0.05, 0) is 50.3 Å². The lowest BCUT2D eigenvalue weighted by atomic mass is 10.0. The molecular formula is C17H24Cl2N2O2. The zero-order valence-corrected chi connectivity index (χ0v) is 14.7. The summed E-state index contributed by atoms with van der Waals surface area (Å²) in [6.07, 6.45) is 4.82. The molecule has 0 radical (unpaired) electrons. The highest BCUT2D eigenvalue weighted by molar-refractivity contribution is 6.32. The minimum Gasteiger partial charge on any atom is -0.482 e. The Morgan fingerprint density at radius 1 is 1.22 bits per heavy atom. The number of nitrogens with one attached hydrogen (secondary N) is 1. The van der Waals surface area contributed by atoms with E-state index in [1.54, 1.807) is 12.1 Å². The highest BCUT2D eigenvalue weighted by atomic mass is 35.5. The number of piperidine rings is 1. The van der Waals surface area contributed by atoms with Gasteiger partial charge in [0.2, 0.25) is 0 Å². The third-order valence-corrected chi connectivity index (χ3v) is 4.74. The Hall–Kier alpha value is -0.970. The molecule has 2 fully saturated rings. The Morgan fingerprint density at radius 3 is 2.57 bits per heavy atom. The molecule has 1 heterocycles. The van der Waals surface area contributed by atoms with E-state index in [9.17, 15) is 4.79 Å². The topological polar surface area (TPSA) is 41.6 Å². The van der Waals surface area contributed by atoms with Crippen LogP contribution in [0, 0.1) is 5.92 Å². The number of halogens is 2. The zero-order chi connectivity index (χ0) is 15.4. The van der Waals surface area contributed by atoms with Crippen molar-refractivity contribution in [3.63, 3.8) is 0 Å². The largest absolute Gasteiger partial charge is 0.482 e. The first-order chi connectivity index (χ1) is 10.7. The molecule has 1 saturated carbocycles. The summed E-state index contributed by atoms with van der Waals surface area (Å²) in [6.45, 7) is 2.83. The summed E-state index contributed by atoms with van der Waals surface area (Å²) < 4.78 is 5.53. The van der Waals surface area contributed by atoms with Crippen molar-refractivity contribution in [1.29, 1.82) is 0 Å². The molecule has 23 heavy (non-hydrogen) atoms. The van der Waals surface area contributed by atoms with E-state index in [0.717, 1.165) is 38.4 Å². The van der Waals surface area contributed by atoms with Crippen molar-refractivity contribution in [2.45, 2.75) is 31.7 Å². The molecule has 1 aromatic rings. The lowest BCUT2D eigenvalue weighted by Gasteiger charge is -2.32. The predicted octanol–water partition coefficient (Wildman–Crippen LogP) is 3.13. The van der Waals surface area contributed by atoms with E-state index in [1.165, 1.54) is 12.8 Å². The van der Waals surface area contributed by atoms with Crippen molar-refractivity contribution in [3.8, 4) is 5.75 Å². The molecule has 0 atom stereocenters. The van der Waals surface area contributed by atoms with E-state index in [-0.39, 0.29) is 24.9 Å². The van der Waals surface area contributed by atoms with Crippen molar-refractivity contribution >= 4 is 29.9 Å². The van der Waals surface area contributed by atoms with Gasteiger partial charge >= 0.3 is 0 Å². The van der Waals surface area contributed by atoms with E-state index in [0.29, 0.717) is 16.8 Å². The number of ether oxygens (including phenoxy) is 1. The zero-order valence-electron chi connectivity index (χ0n) is 13.2. The smallest absolute Gasteiger partial charge is 0.260 e. The van der Waals surface area contributed by atoms with Gasteiger partial charge in [0, 0.05) is 19.1 Å². The number of para-hydroxylation sites is 1. The normalized spacial score (nSPS) is 18.4. The van der Waals surface area contributed by atoms with Crippen LogP contribution in [0.5, 0.6) is 5.75 Å². The molecule has 128 valence electrons. The van der Waals surface area contributed by atoms with Crippen molar-refractivity contribution < 1.29 is 9.53 Å².